The molecule has 1 aromatic carbocycles. The van der Waals surface area contributed by atoms with E-state index in [-0.39, 0.29) is 0 Å². The first-order valence-corrected chi connectivity index (χ1v) is 6.17. The molecule has 0 N–H and O–H groups in total. The van der Waals surface area contributed by atoms with Gasteiger partial charge in [0.1, 0.15) is 0 Å². The third-order valence-electron chi connectivity index (χ3n) is 2.99. The minimum atomic E-state index is 1.10. The summed E-state index contributed by atoms with van der Waals surface area (Å²) in [4.78, 5) is 2.17. The van der Waals surface area contributed by atoms with E-state index < -0.39 is 0 Å². The third kappa shape index (κ3) is 3.77. The van der Waals surface area contributed by atoms with Gasteiger partial charge in [-0.05, 0) is 31.9 Å². The van der Waals surface area contributed by atoms with Crippen LogP contribution in [0, 0.1) is 6.92 Å². The number of benzene rings is 1. The molecule has 0 radical (unpaired) electrons. The topological polar surface area (TPSA) is 3.24 Å². The molecule has 1 rings (SSSR count). The lowest BCUT2D eigenvalue weighted by Crippen LogP contribution is -2.10. The van der Waals surface area contributed by atoms with Crippen LogP contribution in [0.25, 0.3) is 5.70 Å². The zero-order valence-electron chi connectivity index (χ0n) is 11.6. The molecule has 0 atom stereocenters. The van der Waals surface area contributed by atoms with Crippen LogP contribution in [0.2, 0.25) is 0 Å². The Balaban J connectivity index is 3.15. The second-order valence-electron chi connectivity index (χ2n) is 4.63. The minimum absolute atomic E-state index is 1.10. The average Bonchev–Trinajstić information content (AvgIpc) is 2.30. The Morgan fingerprint density at radius 2 is 1.82 bits per heavy atom. The van der Waals surface area contributed by atoms with E-state index in [0.717, 1.165) is 6.42 Å². The Kier molecular flexibility index (Phi) is 5.02. The fourth-order valence-electron chi connectivity index (χ4n) is 1.68. The van der Waals surface area contributed by atoms with Crippen LogP contribution >= 0.6 is 0 Å². The van der Waals surface area contributed by atoms with Gasteiger partial charge >= 0.3 is 0 Å². The molecule has 0 heterocycles. The van der Waals surface area contributed by atoms with E-state index in [9.17, 15) is 0 Å². The van der Waals surface area contributed by atoms with Crippen molar-refractivity contribution in [2.45, 2.75) is 27.2 Å². The number of aryl methyl sites for hydroxylation is 1. The number of allylic oxidation sites excluding steroid dienone is 3. The predicted octanol–water partition coefficient (Wildman–Crippen LogP) is 4.25. The Labute approximate surface area is 105 Å². The lowest BCUT2D eigenvalue weighted by molar-refractivity contribution is 0.591. The lowest BCUT2D eigenvalue weighted by atomic mass is 10.0. The Morgan fingerprint density at radius 3 is 2.35 bits per heavy atom. The van der Waals surface area contributed by atoms with E-state index >= 15 is 0 Å². The van der Waals surface area contributed by atoms with Crippen molar-refractivity contribution in [3.8, 4) is 0 Å². The summed E-state index contributed by atoms with van der Waals surface area (Å²) < 4.78 is 0. The number of nitrogens with zero attached hydrogens (tertiary/aromatic N) is 1. The van der Waals surface area contributed by atoms with Crippen LogP contribution in [0.1, 0.15) is 31.4 Å². The fraction of sp³-hybridized carbons (Fsp3) is 0.375. The van der Waals surface area contributed by atoms with Crippen molar-refractivity contribution in [1.29, 1.82) is 0 Å². The van der Waals surface area contributed by atoms with Crippen LogP contribution < -0.4 is 0 Å². The highest BCUT2D eigenvalue weighted by atomic mass is 15.1. The van der Waals surface area contributed by atoms with Crippen molar-refractivity contribution in [2.75, 3.05) is 14.1 Å². The molecule has 1 nitrogen and oxygen atoms in total. The second kappa shape index (κ2) is 6.29. The highest BCUT2D eigenvalue weighted by Gasteiger charge is 2.05. The zero-order chi connectivity index (χ0) is 12.8. The Morgan fingerprint density at radius 1 is 1.18 bits per heavy atom. The van der Waals surface area contributed by atoms with Gasteiger partial charge < -0.3 is 4.90 Å². The van der Waals surface area contributed by atoms with Crippen molar-refractivity contribution in [3.63, 3.8) is 0 Å². The smallest absolute Gasteiger partial charge is 0.0437 e. The summed E-state index contributed by atoms with van der Waals surface area (Å²) in [5.41, 5.74) is 5.28. The second-order valence-corrected chi connectivity index (χ2v) is 4.63. The molecule has 0 aliphatic rings. The quantitative estimate of drug-likeness (QED) is 0.697. The third-order valence-corrected chi connectivity index (χ3v) is 2.99. The molecule has 17 heavy (non-hydrogen) atoms. The van der Waals surface area contributed by atoms with Crippen molar-refractivity contribution < 1.29 is 0 Å². The number of hydrogen-bond donors (Lipinski definition) is 0. The van der Waals surface area contributed by atoms with E-state index in [0.29, 0.717) is 0 Å². The molecule has 0 spiro atoms. The van der Waals surface area contributed by atoms with Gasteiger partial charge in [0.15, 0.2) is 0 Å². The van der Waals surface area contributed by atoms with Crippen LogP contribution in [-0.4, -0.2) is 19.0 Å². The number of hydrogen-bond acceptors (Lipinski definition) is 1. The van der Waals surface area contributed by atoms with Gasteiger partial charge in [0, 0.05) is 25.4 Å². The average molecular weight is 229 g/mol. The first-order valence-electron chi connectivity index (χ1n) is 6.17. The van der Waals surface area contributed by atoms with Gasteiger partial charge in [-0.15, -0.1) is 0 Å². The maximum Gasteiger partial charge on any atom is 0.0437 e. The van der Waals surface area contributed by atoms with Gasteiger partial charge in [-0.2, -0.15) is 0 Å². The monoisotopic (exact) mass is 229 g/mol. The molecule has 1 aromatic rings. The summed E-state index contributed by atoms with van der Waals surface area (Å²) in [5, 5.41) is 0. The van der Waals surface area contributed by atoms with Crippen LogP contribution in [0.3, 0.4) is 0 Å². The van der Waals surface area contributed by atoms with Gasteiger partial charge in [0.25, 0.3) is 0 Å². The van der Waals surface area contributed by atoms with Gasteiger partial charge in [-0.3, -0.25) is 0 Å². The molecule has 0 saturated heterocycles. The van der Waals surface area contributed by atoms with Gasteiger partial charge in [0.2, 0.25) is 0 Å². The SMILES string of the molecule is CCC(C)=C/C=C(/c1ccccc1C)N(C)C. The van der Waals surface area contributed by atoms with E-state index in [2.05, 4.69) is 76.2 Å². The molecule has 0 bridgehead atoms. The van der Waals surface area contributed by atoms with Gasteiger partial charge in [-0.1, -0.05) is 42.8 Å². The van der Waals surface area contributed by atoms with Gasteiger partial charge in [0.05, 0.1) is 0 Å². The zero-order valence-corrected chi connectivity index (χ0v) is 11.6. The van der Waals surface area contributed by atoms with Gasteiger partial charge in [-0.25, -0.2) is 0 Å². The summed E-state index contributed by atoms with van der Waals surface area (Å²) in [7, 11) is 4.18. The molecular formula is C16H23N. The van der Waals surface area contributed by atoms with Crippen molar-refractivity contribution in [1.82, 2.24) is 4.90 Å². The van der Waals surface area contributed by atoms with Crippen LogP contribution in [0.5, 0.6) is 0 Å². The van der Waals surface area contributed by atoms with E-state index in [1.807, 2.05) is 0 Å². The number of rotatable bonds is 4. The molecule has 0 fully saturated rings. The normalized spacial score (nSPS) is 12.8. The van der Waals surface area contributed by atoms with Crippen molar-refractivity contribution in [3.05, 3.63) is 53.1 Å². The molecular weight excluding hydrogens is 206 g/mol. The molecule has 1 heteroatoms. The molecule has 0 saturated carbocycles. The van der Waals surface area contributed by atoms with E-state index in [4.69, 9.17) is 0 Å². The Bertz CT molecular complexity index is 425. The summed E-state index contributed by atoms with van der Waals surface area (Å²) in [6.45, 7) is 6.51. The molecule has 0 aliphatic heterocycles. The first kappa shape index (κ1) is 13.6. The predicted molar refractivity (Wildman–Crippen MR) is 76.9 cm³/mol. The fourth-order valence-corrected chi connectivity index (χ4v) is 1.68. The van der Waals surface area contributed by atoms with Crippen LogP contribution in [0.15, 0.2) is 42.0 Å². The largest absolute Gasteiger partial charge is 0.377 e. The van der Waals surface area contributed by atoms with Crippen molar-refractivity contribution in [2.24, 2.45) is 0 Å². The highest BCUT2D eigenvalue weighted by Crippen LogP contribution is 2.20. The van der Waals surface area contributed by atoms with E-state index in [1.54, 1.807) is 0 Å². The molecule has 0 amide bonds. The molecule has 0 aliphatic carbocycles. The standard InChI is InChI=1S/C16H23N/c1-6-13(2)11-12-16(17(4)5)15-10-8-7-9-14(15)3/h7-12H,6H2,1-5H3/b13-11?,16-12-. The maximum absolute atomic E-state index is 2.21. The highest BCUT2D eigenvalue weighted by molar-refractivity contribution is 5.67. The van der Waals surface area contributed by atoms with Crippen LogP contribution in [-0.2, 0) is 0 Å². The summed E-state index contributed by atoms with van der Waals surface area (Å²) in [6.07, 6.45) is 5.52. The first-order chi connectivity index (χ1) is 8.06. The Hall–Kier alpha value is -1.50. The minimum Gasteiger partial charge on any atom is -0.377 e. The van der Waals surface area contributed by atoms with Crippen molar-refractivity contribution >= 4 is 5.70 Å². The lowest BCUT2D eigenvalue weighted by Gasteiger charge is -2.19. The summed E-state index contributed by atoms with van der Waals surface area (Å²) >= 11 is 0. The summed E-state index contributed by atoms with van der Waals surface area (Å²) in [6, 6.07) is 8.51. The molecule has 92 valence electrons. The maximum atomic E-state index is 2.21. The summed E-state index contributed by atoms with van der Waals surface area (Å²) in [5.74, 6) is 0. The molecule has 0 aromatic heterocycles. The van der Waals surface area contributed by atoms with E-state index in [1.165, 1.54) is 22.4 Å². The van der Waals surface area contributed by atoms with Crippen LogP contribution in [0.4, 0.5) is 0 Å². The molecule has 0 unspecified atom stereocenters.